The number of aliphatic hydroxyl groups is 1. The summed E-state index contributed by atoms with van der Waals surface area (Å²) < 4.78 is 0. The van der Waals surface area contributed by atoms with Crippen LogP contribution in [0.4, 0.5) is 5.69 Å². The molecule has 2 saturated heterocycles. The van der Waals surface area contributed by atoms with Crippen LogP contribution >= 0.6 is 0 Å². The van der Waals surface area contributed by atoms with E-state index in [0.29, 0.717) is 12.1 Å². The number of hydrogen-bond donors (Lipinski definition) is 2. The van der Waals surface area contributed by atoms with Gasteiger partial charge in [0.05, 0.1) is 6.10 Å². The first-order valence-electron chi connectivity index (χ1n) is 6.93. The third-order valence-corrected chi connectivity index (χ3v) is 4.70. The molecule has 3 rings (SSSR count). The van der Waals surface area contributed by atoms with Gasteiger partial charge in [0.15, 0.2) is 0 Å². The van der Waals surface area contributed by atoms with Crippen LogP contribution in [0.1, 0.15) is 36.8 Å². The summed E-state index contributed by atoms with van der Waals surface area (Å²) in [4.78, 5) is 2.58. The Morgan fingerprint density at radius 3 is 2.61 bits per heavy atom. The lowest BCUT2D eigenvalue weighted by molar-refractivity contribution is 0.0309. The zero-order chi connectivity index (χ0) is 12.7. The normalized spacial score (nSPS) is 31.8. The number of anilines is 1. The predicted molar refractivity (Wildman–Crippen MR) is 73.2 cm³/mol. The van der Waals surface area contributed by atoms with Crippen LogP contribution in [0.5, 0.6) is 0 Å². The highest BCUT2D eigenvalue weighted by atomic mass is 16.3. The third-order valence-electron chi connectivity index (χ3n) is 4.70. The van der Waals surface area contributed by atoms with Crippen molar-refractivity contribution in [3.63, 3.8) is 0 Å². The standard InChI is InChI=1S/C15H22N2O/c1-10-11(3-2-4-15(10)16)9-17-12-5-6-13(17)8-14(18)7-12/h2-4,12-14,18H,5-9,16H2,1H3. The SMILES string of the molecule is Cc1c(N)cccc1CN1C2CCC1CC(O)C2. The Morgan fingerprint density at radius 1 is 1.28 bits per heavy atom. The number of rotatable bonds is 2. The lowest BCUT2D eigenvalue weighted by atomic mass is 9.98. The summed E-state index contributed by atoms with van der Waals surface area (Å²) in [6.07, 6.45) is 4.28. The molecule has 1 aromatic carbocycles. The second-order valence-corrected chi connectivity index (χ2v) is 5.81. The van der Waals surface area contributed by atoms with Crippen molar-refractivity contribution >= 4 is 5.69 Å². The molecule has 2 bridgehead atoms. The summed E-state index contributed by atoms with van der Waals surface area (Å²) in [6, 6.07) is 7.32. The van der Waals surface area contributed by atoms with Gasteiger partial charge in [-0.25, -0.2) is 0 Å². The lowest BCUT2D eigenvalue weighted by Crippen LogP contribution is -2.44. The number of nitrogens with two attached hydrogens (primary N) is 1. The summed E-state index contributed by atoms with van der Waals surface area (Å²) in [7, 11) is 0. The number of hydrogen-bond acceptors (Lipinski definition) is 3. The first-order chi connectivity index (χ1) is 8.65. The number of benzene rings is 1. The monoisotopic (exact) mass is 246 g/mol. The van der Waals surface area contributed by atoms with Gasteiger partial charge in [0.1, 0.15) is 0 Å². The molecule has 0 amide bonds. The van der Waals surface area contributed by atoms with E-state index in [1.54, 1.807) is 0 Å². The molecular weight excluding hydrogens is 224 g/mol. The Balaban J connectivity index is 1.79. The highest BCUT2D eigenvalue weighted by molar-refractivity contribution is 5.49. The van der Waals surface area contributed by atoms with E-state index in [0.717, 1.165) is 25.1 Å². The highest BCUT2D eigenvalue weighted by Gasteiger charge is 2.39. The number of piperidine rings is 1. The van der Waals surface area contributed by atoms with Gasteiger partial charge in [0.25, 0.3) is 0 Å². The second kappa shape index (κ2) is 4.56. The fourth-order valence-electron chi connectivity index (χ4n) is 3.57. The van der Waals surface area contributed by atoms with Crippen LogP contribution in [0.2, 0.25) is 0 Å². The Hall–Kier alpha value is -1.06. The smallest absolute Gasteiger partial charge is 0.0570 e. The quantitative estimate of drug-likeness (QED) is 0.785. The zero-order valence-electron chi connectivity index (χ0n) is 11.0. The predicted octanol–water partition coefficient (Wildman–Crippen LogP) is 2.06. The van der Waals surface area contributed by atoms with Gasteiger partial charge in [-0.2, -0.15) is 0 Å². The van der Waals surface area contributed by atoms with E-state index in [1.807, 2.05) is 12.1 Å². The van der Waals surface area contributed by atoms with Crippen molar-refractivity contribution in [1.82, 2.24) is 4.90 Å². The summed E-state index contributed by atoms with van der Waals surface area (Å²) in [5.41, 5.74) is 9.41. The molecule has 2 atom stereocenters. The minimum atomic E-state index is -0.0827. The average Bonchev–Trinajstić information content (AvgIpc) is 2.58. The fraction of sp³-hybridized carbons (Fsp3) is 0.600. The van der Waals surface area contributed by atoms with Crippen molar-refractivity contribution < 1.29 is 5.11 Å². The minimum Gasteiger partial charge on any atom is -0.399 e. The molecular formula is C15H22N2O. The second-order valence-electron chi connectivity index (χ2n) is 5.81. The van der Waals surface area contributed by atoms with Crippen LogP contribution in [0.15, 0.2) is 18.2 Å². The van der Waals surface area contributed by atoms with Crippen molar-refractivity contribution in [1.29, 1.82) is 0 Å². The highest BCUT2D eigenvalue weighted by Crippen LogP contribution is 2.37. The van der Waals surface area contributed by atoms with Crippen LogP contribution in [-0.4, -0.2) is 28.2 Å². The summed E-state index contributed by atoms with van der Waals surface area (Å²) >= 11 is 0. The zero-order valence-corrected chi connectivity index (χ0v) is 11.0. The Bertz CT molecular complexity index is 432. The number of nitrogen functional groups attached to an aromatic ring is 1. The van der Waals surface area contributed by atoms with E-state index in [2.05, 4.69) is 17.9 Å². The van der Waals surface area contributed by atoms with Crippen molar-refractivity contribution in [3.8, 4) is 0 Å². The molecule has 3 N–H and O–H groups in total. The Labute approximate surface area is 109 Å². The maximum atomic E-state index is 9.83. The van der Waals surface area contributed by atoms with E-state index in [4.69, 9.17) is 5.73 Å². The lowest BCUT2D eigenvalue weighted by Gasteiger charge is -2.37. The molecule has 0 radical (unpaired) electrons. The van der Waals surface area contributed by atoms with Gasteiger partial charge in [-0.1, -0.05) is 12.1 Å². The van der Waals surface area contributed by atoms with E-state index >= 15 is 0 Å². The Kier molecular flexibility index (Phi) is 3.04. The van der Waals surface area contributed by atoms with Gasteiger partial charge in [0.2, 0.25) is 0 Å². The van der Waals surface area contributed by atoms with Gasteiger partial charge in [-0.15, -0.1) is 0 Å². The van der Waals surface area contributed by atoms with Crippen molar-refractivity contribution in [2.75, 3.05) is 5.73 Å². The summed E-state index contributed by atoms with van der Waals surface area (Å²) in [5.74, 6) is 0. The van der Waals surface area contributed by atoms with Crippen LogP contribution in [0.25, 0.3) is 0 Å². The topological polar surface area (TPSA) is 49.5 Å². The first kappa shape index (κ1) is 12.0. The number of aliphatic hydroxyl groups excluding tert-OH is 1. The van der Waals surface area contributed by atoms with Crippen LogP contribution in [-0.2, 0) is 6.54 Å². The largest absolute Gasteiger partial charge is 0.399 e. The number of nitrogens with zero attached hydrogens (tertiary/aromatic N) is 1. The molecule has 0 spiro atoms. The van der Waals surface area contributed by atoms with Crippen molar-refractivity contribution in [3.05, 3.63) is 29.3 Å². The molecule has 2 fully saturated rings. The molecule has 98 valence electrons. The van der Waals surface area contributed by atoms with Gasteiger partial charge in [-0.05, 0) is 49.8 Å². The third kappa shape index (κ3) is 2.02. The van der Waals surface area contributed by atoms with Gasteiger partial charge in [-0.3, -0.25) is 4.90 Å². The Morgan fingerprint density at radius 2 is 1.94 bits per heavy atom. The van der Waals surface area contributed by atoms with Gasteiger partial charge < -0.3 is 10.8 Å². The molecule has 2 unspecified atom stereocenters. The minimum absolute atomic E-state index is 0.0827. The average molecular weight is 246 g/mol. The molecule has 0 aliphatic carbocycles. The molecule has 18 heavy (non-hydrogen) atoms. The van der Waals surface area contributed by atoms with Crippen LogP contribution < -0.4 is 5.73 Å². The molecule has 1 aromatic rings. The van der Waals surface area contributed by atoms with E-state index in [9.17, 15) is 5.11 Å². The summed E-state index contributed by atoms with van der Waals surface area (Å²) in [5, 5.41) is 9.83. The molecule has 0 aromatic heterocycles. The fourth-order valence-corrected chi connectivity index (χ4v) is 3.57. The molecule has 3 nitrogen and oxygen atoms in total. The van der Waals surface area contributed by atoms with Crippen LogP contribution in [0, 0.1) is 6.92 Å². The van der Waals surface area contributed by atoms with Crippen molar-refractivity contribution in [2.45, 2.75) is 57.3 Å². The summed E-state index contributed by atoms with van der Waals surface area (Å²) in [6.45, 7) is 3.09. The maximum absolute atomic E-state index is 9.83. The molecule has 2 aliphatic heterocycles. The van der Waals surface area contributed by atoms with Crippen LogP contribution in [0.3, 0.4) is 0 Å². The maximum Gasteiger partial charge on any atom is 0.0570 e. The van der Waals surface area contributed by atoms with E-state index in [1.165, 1.54) is 24.0 Å². The van der Waals surface area contributed by atoms with E-state index in [-0.39, 0.29) is 6.10 Å². The first-order valence-corrected chi connectivity index (χ1v) is 6.93. The molecule has 3 heteroatoms. The molecule has 2 aliphatic rings. The van der Waals surface area contributed by atoms with E-state index < -0.39 is 0 Å². The molecule has 2 heterocycles. The number of fused-ring (bicyclic) bond motifs is 2. The molecule has 0 saturated carbocycles. The van der Waals surface area contributed by atoms with Gasteiger partial charge >= 0.3 is 0 Å². The van der Waals surface area contributed by atoms with Crippen molar-refractivity contribution in [2.24, 2.45) is 0 Å². The van der Waals surface area contributed by atoms with Gasteiger partial charge in [0, 0.05) is 24.3 Å².